The number of aliphatic hydroxyl groups is 1. The summed E-state index contributed by atoms with van der Waals surface area (Å²) < 4.78 is 4.50. The van der Waals surface area contributed by atoms with Crippen molar-refractivity contribution < 1.29 is 24.2 Å². The van der Waals surface area contributed by atoms with Crippen LogP contribution in [0.4, 0.5) is 0 Å². The van der Waals surface area contributed by atoms with Gasteiger partial charge in [0, 0.05) is 12.8 Å². The quantitative estimate of drug-likeness (QED) is 0.505. The van der Waals surface area contributed by atoms with E-state index in [9.17, 15) is 19.5 Å². The number of hydrazine groups is 1. The van der Waals surface area contributed by atoms with E-state index < -0.39 is 23.4 Å². The zero-order valence-corrected chi connectivity index (χ0v) is 15.0. The van der Waals surface area contributed by atoms with E-state index in [2.05, 4.69) is 15.6 Å². The van der Waals surface area contributed by atoms with Gasteiger partial charge in [-0.3, -0.25) is 25.2 Å². The van der Waals surface area contributed by atoms with E-state index in [1.165, 1.54) is 7.11 Å². The summed E-state index contributed by atoms with van der Waals surface area (Å²) in [6.45, 7) is 0. The Morgan fingerprint density at radius 1 is 0.889 bits per heavy atom. The molecular weight excluding hydrogens is 348 g/mol. The molecule has 7 heteroatoms. The number of rotatable bonds is 7. The molecule has 2 aromatic carbocycles. The molecule has 2 amide bonds. The summed E-state index contributed by atoms with van der Waals surface area (Å²) in [6.07, 6.45) is 0.427. The molecule has 0 bridgehead atoms. The first-order valence-electron chi connectivity index (χ1n) is 8.48. The maximum absolute atomic E-state index is 12.7. The molecule has 2 rings (SSSR count). The largest absolute Gasteiger partial charge is 0.469 e. The van der Waals surface area contributed by atoms with E-state index in [4.69, 9.17) is 0 Å². The lowest BCUT2D eigenvalue weighted by atomic mass is 9.85. The molecule has 27 heavy (non-hydrogen) atoms. The van der Waals surface area contributed by atoms with Crippen molar-refractivity contribution in [1.82, 2.24) is 10.9 Å². The molecule has 0 aliphatic rings. The molecule has 0 aromatic heterocycles. The van der Waals surface area contributed by atoms with Gasteiger partial charge in [0.15, 0.2) is 5.60 Å². The maximum atomic E-state index is 12.7. The number of amides is 2. The van der Waals surface area contributed by atoms with Crippen LogP contribution in [0, 0.1) is 0 Å². The Hall–Kier alpha value is -3.19. The van der Waals surface area contributed by atoms with E-state index in [0.29, 0.717) is 11.1 Å². The van der Waals surface area contributed by atoms with Crippen LogP contribution in [0.3, 0.4) is 0 Å². The topological polar surface area (TPSA) is 105 Å². The first-order valence-corrected chi connectivity index (χ1v) is 8.48. The summed E-state index contributed by atoms with van der Waals surface area (Å²) in [4.78, 5) is 35.7. The standard InChI is InChI=1S/C20H22N2O5/c1-27-18(24)14-8-13-17(23)21-22-19(25)20(26,15-9-4-2-5-10-15)16-11-6-3-7-12-16/h2-7,9-12,26H,8,13-14H2,1H3,(H,21,23)(H,22,25). The fourth-order valence-corrected chi connectivity index (χ4v) is 2.56. The molecule has 0 heterocycles. The molecule has 0 saturated carbocycles. The molecule has 0 spiro atoms. The summed E-state index contributed by atoms with van der Waals surface area (Å²) in [7, 11) is 1.27. The van der Waals surface area contributed by atoms with Crippen LogP contribution in [0.25, 0.3) is 0 Å². The third-order valence-corrected chi connectivity index (χ3v) is 4.04. The first-order chi connectivity index (χ1) is 13.0. The highest BCUT2D eigenvalue weighted by Gasteiger charge is 2.40. The molecule has 0 unspecified atom stereocenters. The zero-order chi connectivity index (χ0) is 19.7. The third-order valence-electron chi connectivity index (χ3n) is 4.04. The van der Waals surface area contributed by atoms with Crippen LogP contribution in [0.1, 0.15) is 30.4 Å². The van der Waals surface area contributed by atoms with Gasteiger partial charge < -0.3 is 9.84 Å². The second-order valence-electron chi connectivity index (χ2n) is 5.87. The van der Waals surface area contributed by atoms with Crippen molar-refractivity contribution in [3.8, 4) is 0 Å². The Kier molecular flexibility index (Phi) is 7.08. The highest BCUT2D eigenvalue weighted by Crippen LogP contribution is 2.29. The Morgan fingerprint density at radius 2 is 1.41 bits per heavy atom. The van der Waals surface area contributed by atoms with Gasteiger partial charge in [0.25, 0.3) is 5.91 Å². The molecule has 0 aliphatic carbocycles. The smallest absolute Gasteiger partial charge is 0.305 e. The average Bonchev–Trinajstić information content (AvgIpc) is 2.72. The number of ether oxygens (including phenoxy) is 1. The summed E-state index contributed by atoms with van der Waals surface area (Å²) >= 11 is 0. The monoisotopic (exact) mass is 370 g/mol. The Labute approximate surface area is 157 Å². The SMILES string of the molecule is COC(=O)CCCC(=O)NNC(=O)C(O)(c1ccccc1)c1ccccc1. The first kappa shape index (κ1) is 20.1. The van der Waals surface area contributed by atoms with Gasteiger partial charge in [-0.1, -0.05) is 60.7 Å². The predicted molar refractivity (Wildman–Crippen MR) is 98.0 cm³/mol. The molecule has 0 fully saturated rings. The highest BCUT2D eigenvalue weighted by atomic mass is 16.5. The van der Waals surface area contributed by atoms with E-state index >= 15 is 0 Å². The molecule has 0 aliphatic heterocycles. The maximum Gasteiger partial charge on any atom is 0.305 e. The lowest BCUT2D eigenvalue weighted by Gasteiger charge is -2.28. The number of methoxy groups -OCH3 is 1. The number of esters is 1. The van der Waals surface area contributed by atoms with Gasteiger partial charge in [0.05, 0.1) is 7.11 Å². The van der Waals surface area contributed by atoms with Gasteiger partial charge in [-0.05, 0) is 17.5 Å². The molecule has 3 N–H and O–H groups in total. The van der Waals surface area contributed by atoms with E-state index in [-0.39, 0.29) is 19.3 Å². The summed E-state index contributed by atoms with van der Waals surface area (Å²) in [5.41, 5.74) is 3.30. The van der Waals surface area contributed by atoms with Gasteiger partial charge in [0.2, 0.25) is 5.91 Å². The van der Waals surface area contributed by atoms with Crippen molar-refractivity contribution in [2.75, 3.05) is 7.11 Å². The van der Waals surface area contributed by atoms with Crippen LogP contribution in [0.5, 0.6) is 0 Å². The molecule has 142 valence electrons. The minimum absolute atomic E-state index is 0.0322. The number of hydrogen-bond donors (Lipinski definition) is 3. The van der Waals surface area contributed by atoms with Crippen LogP contribution in [-0.4, -0.2) is 30.0 Å². The average molecular weight is 370 g/mol. The summed E-state index contributed by atoms with van der Waals surface area (Å²) in [5, 5.41) is 11.2. The van der Waals surface area contributed by atoms with E-state index in [1.54, 1.807) is 60.7 Å². The minimum atomic E-state index is -1.97. The Morgan fingerprint density at radius 3 is 1.89 bits per heavy atom. The second-order valence-corrected chi connectivity index (χ2v) is 5.87. The molecule has 0 saturated heterocycles. The molecule has 0 atom stereocenters. The van der Waals surface area contributed by atoms with Crippen molar-refractivity contribution in [3.05, 3.63) is 71.8 Å². The fourth-order valence-electron chi connectivity index (χ4n) is 2.56. The number of nitrogens with one attached hydrogen (secondary N) is 2. The van der Waals surface area contributed by atoms with Crippen molar-refractivity contribution >= 4 is 17.8 Å². The normalized spacial score (nSPS) is 10.7. The number of carbonyl (C=O) groups is 3. The molecular formula is C20H22N2O5. The van der Waals surface area contributed by atoms with Crippen LogP contribution in [0.2, 0.25) is 0 Å². The van der Waals surface area contributed by atoms with Crippen LogP contribution < -0.4 is 10.9 Å². The molecule has 2 aromatic rings. The summed E-state index contributed by atoms with van der Waals surface area (Å²) in [5.74, 6) is -1.67. The number of hydrogen-bond acceptors (Lipinski definition) is 5. The van der Waals surface area contributed by atoms with Crippen molar-refractivity contribution in [2.24, 2.45) is 0 Å². The van der Waals surface area contributed by atoms with E-state index in [1.807, 2.05) is 0 Å². The van der Waals surface area contributed by atoms with Crippen LogP contribution >= 0.6 is 0 Å². The second kappa shape index (κ2) is 9.49. The van der Waals surface area contributed by atoms with Gasteiger partial charge >= 0.3 is 5.97 Å². The minimum Gasteiger partial charge on any atom is -0.469 e. The molecule has 0 radical (unpaired) electrons. The third kappa shape index (κ3) is 5.15. The Bertz CT molecular complexity index is 738. The predicted octanol–water partition coefficient (Wildman–Crippen LogP) is 1.41. The Balaban J connectivity index is 2.07. The lowest BCUT2D eigenvalue weighted by Crippen LogP contribution is -2.52. The molecule has 7 nitrogen and oxygen atoms in total. The van der Waals surface area contributed by atoms with Gasteiger partial charge in [-0.25, -0.2) is 0 Å². The highest BCUT2D eigenvalue weighted by molar-refractivity contribution is 5.91. The fraction of sp³-hybridized carbons (Fsp3) is 0.250. The van der Waals surface area contributed by atoms with Crippen LogP contribution in [-0.2, 0) is 24.7 Å². The zero-order valence-electron chi connectivity index (χ0n) is 15.0. The number of benzene rings is 2. The summed E-state index contributed by atoms with van der Waals surface area (Å²) in [6, 6.07) is 16.9. The lowest BCUT2D eigenvalue weighted by molar-refractivity contribution is -0.141. The van der Waals surface area contributed by atoms with Crippen molar-refractivity contribution in [2.45, 2.75) is 24.9 Å². The van der Waals surface area contributed by atoms with Crippen molar-refractivity contribution in [3.63, 3.8) is 0 Å². The van der Waals surface area contributed by atoms with E-state index in [0.717, 1.165) is 0 Å². The van der Waals surface area contributed by atoms with Gasteiger partial charge in [-0.15, -0.1) is 0 Å². The number of carbonyl (C=O) groups excluding carboxylic acids is 3. The van der Waals surface area contributed by atoms with Crippen LogP contribution in [0.15, 0.2) is 60.7 Å². The van der Waals surface area contributed by atoms with Gasteiger partial charge in [0.1, 0.15) is 0 Å². The van der Waals surface area contributed by atoms with Crippen molar-refractivity contribution in [1.29, 1.82) is 0 Å². The van der Waals surface area contributed by atoms with Gasteiger partial charge in [-0.2, -0.15) is 0 Å².